The maximum absolute atomic E-state index is 11.8. The van der Waals surface area contributed by atoms with E-state index in [1.54, 1.807) is 0 Å². The van der Waals surface area contributed by atoms with Gasteiger partial charge in [0.05, 0.1) is 0 Å². The van der Waals surface area contributed by atoms with Crippen molar-refractivity contribution in [3.8, 4) is 0 Å². The molecule has 0 saturated carbocycles. The lowest BCUT2D eigenvalue weighted by atomic mass is 10.1. The molecule has 1 fully saturated rings. The van der Waals surface area contributed by atoms with Crippen LogP contribution in [0.3, 0.4) is 0 Å². The van der Waals surface area contributed by atoms with Gasteiger partial charge in [0.1, 0.15) is 0 Å². The predicted molar refractivity (Wildman–Crippen MR) is 78.2 cm³/mol. The summed E-state index contributed by atoms with van der Waals surface area (Å²) < 4.78 is 1.22. The number of hydrogen-bond donors (Lipinski definition) is 0. The van der Waals surface area contributed by atoms with E-state index in [1.807, 2.05) is 4.90 Å². The van der Waals surface area contributed by atoms with Crippen molar-refractivity contribution in [1.82, 2.24) is 0 Å². The Balaban J connectivity index is 2.36. The lowest BCUT2D eigenvalue weighted by molar-refractivity contribution is -0.117. The van der Waals surface area contributed by atoms with Crippen molar-refractivity contribution in [2.24, 2.45) is 0 Å². The summed E-state index contributed by atoms with van der Waals surface area (Å²) in [5.41, 5.74) is 2.33. The van der Waals surface area contributed by atoms with Gasteiger partial charge in [0.2, 0.25) is 5.91 Å². The third-order valence-corrected chi connectivity index (χ3v) is 4.08. The molecule has 16 heavy (non-hydrogen) atoms. The van der Waals surface area contributed by atoms with E-state index in [0.717, 1.165) is 18.7 Å². The topological polar surface area (TPSA) is 20.3 Å². The number of amides is 1. The van der Waals surface area contributed by atoms with Crippen molar-refractivity contribution in [3.63, 3.8) is 0 Å². The van der Waals surface area contributed by atoms with Crippen LogP contribution in [0, 0.1) is 3.57 Å². The highest BCUT2D eigenvalue weighted by molar-refractivity contribution is 14.1. The number of benzene rings is 1. The van der Waals surface area contributed by atoms with Crippen LogP contribution in [0.1, 0.15) is 18.9 Å². The summed E-state index contributed by atoms with van der Waals surface area (Å²) in [6, 6.07) is 6.28. The Labute approximate surface area is 118 Å². The molecule has 2 rings (SSSR count). The molecule has 0 aromatic heterocycles. The highest BCUT2D eigenvalue weighted by Crippen LogP contribution is 2.29. The van der Waals surface area contributed by atoms with Crippen LogP contribution in [-0.2, 0) is 11.2 Å². The Kier molecular flexibility index (Phi) is 3.89. The number of nitrogens with zero attached hydrogens (tertiary/aromatic N) is 1. The Bertz CT molecular complexity index is 421. The smallest absolute Gasteiger partial charge is 0.228 e. The summed E-state index contributed by atoms with van der Waals surface area (Å²) in [6.07, 6.45) is 1.57. The molecule has 0 radical (unpaired) electrons. The number of alkyl halides is 1. The van der Waals surface area contributed by atoms with E-state index in [4.69, 9.17) is 0 Å². The van der Waals surface area contributed by atoms with Gasteiger partial charge < -0.3 is 4.90 Å². The number of aryl methyl sites for hydroxylation is 1. The summed E-state index contributed by atoms with van der Waals surface area (Å²) in [5, 5.41) is 0. The molecule has 1 saturated heterocycles. The van der Waals surface area contributed by atoms with Crippen LogP contribution in [0.4, 0.5) is 5.69 Å². The second-order valence-electron chi connectivity index (χ2n) is 3.93. The fourth-order valence-corrected chi connectivity index (χ4v) is 3.12. The highest BCUT2D eigenvalue weighted by Gasteiger charge is 2.29. The first kappa shape index (κ1) is 12.4. The van der Waals surface area contributed by atoms with E-state index in [1.165, 1.54) is 9.13 Å². The van der Waals surface area contributed by atoms with Crippen molar-refractivity contribution in [1.29, 1.82) is 0 Å². The molecule has 4 heteroatoms. The van der Waals surface area contributed by atoms with Gasteiger partial charge in [0, 0.05) is 27.1 Å². The molecule has 0 N–H and O–H groups in total. The van der Waals surface area contributed by atoms with E-state index < -0.39 is 0 Å². The fourth-order valence-electron chi connectivity index (χ4n) is 2.00. The zero-order valence-electron chi connectivity index (χ0n) is 9.04. The minimum Gasteiger partial charge on any atom is -0.311 e. The molecular weight excluding hydrogens is 381 g/mol. The van der Waals surface area contributed by atoms with Crippen LogP contribution in [0.15, 0.2) is 18.2 Å². The van der Waals surface area contributed by atoms with Gasteiger partial charge in [-0.1, -0.05) is 22.9 Å². The number of hydrogen-bond acceptors (Lipinski definition) is 1. The first-order valence-corrected chi connectivity index (χ1v) is 7.34. The van der Waals surface area contributed by atoms with Gasteiger partial charge >= 0.3 is 0 Å². The summed E-state index contributed by atoms with van der Waals surface area (Å²) in [6.45, 7) is 2.91. The van der Waals surface area contributed by atoms with Crippen LogP contribution in [0.5, 0.6) is 0 Å². The lowest BCUT2D eigenvalue weighted by Gasteiger charge is -2.19. The van der Waals surface area contributed by atoms with E-state index in [0.29, 0.717) is 11.2 Å². The first-order valence-electron chi connectivity index (χ1n) is 5.34. The van der Waals surface area contributed by atoms with E-state index >= 15 is 0 Å². The Morgan fingerprint density at radius 1 is 1.56 bits per heavy atom. The van der Waals surface area contributed by atoms with Gasteiger partial charge in [-0.3, -0.25) is 4.79 Å². The second kappa shape index (κ2) is 5.04. The van der Waals surface area contributed by atoms with Crippen LogP contribution < -0.4 is 4.90 Å². The average molecular weight is 394 g/mol. The van der Waals surface area contributed by atoms with Crippen LogP contribution in [0.25, 0.3) is 0 Å². The molecule has 1 atom stereocenters. The van der Waals surface area contributed by atoms with Crippen LogP contribution >= 0.6 is 38.5 Å². The number of halogens is 2. The lowest BCUT2D eigenvalue weighted by Crippen LogP contribution is -2.25. The van der Waals surface area contributed by atoms with Gasteiger partial charge in [-0.05, 0) is 52.8 Å². The summed E-state index contributed by atoms with van der Waals surface area (Å²) in [4.78, 5) is 14.0. The minimum absolute atomic E-state index is 0.220. The molecule has 2 nitrogen and oxygen atoms in total. The first-order chi connectivity index (χ1) is 7.61. The molecular formula is C12H13BrINO. The molecule has 1 aliphatic rings. The van der Waals surface area contributed by atoms with Gasteiger partial charge in [-0.2, -0.15) is 0 Å². The standard InChI is InChI=1S/C12H13BrINO/c1-2-8-5-10(14)3-4-11(8)15-7-9(13)6-12(15)16/h3-5,9H,2,6-7H2,1H3. The third-order valence-electron chi connectivity index (χ3n) is 2.79. The second-order valence-corrected chi connectivity index (χ2v) is 6.47. The Morgan fingerprint density at radius 3 is 2.88 bits per heavy atom. The molecule has 1 aromatic rings. The van der Waals surface area contributed by atoms with Crippen molar-refractivity contribution >= 4 is 50.1 Å². The Hall–Kier alpha value is -0.100. The molecule has 1 aliphatic heterocycles. The van der Waals surface area contributed by atoms with Crippen molar-refractivity contribution in [3.05, 3.63) is 27.3 Å². The van der Waals surface area contributed by atoms with Crippen molar-refractivity contribution in [2.45, 2.75) is 24.6 Å². The fraction of sp³-hybridized carbons (Fsp3) is 0.417. The molecule has 1 unspecified atom stereocenters. The number of carbonyl (C=O) groups is 1. The average Bonchev–Trinajstić information content (AvgIpc) is 2.57. The maximum atomic E-state index is 11.8. The van der Waals surface area contributed by atoms with Crippen molar-refractivity contribution in [2.75, 3.05) is 11.4 Å². The van der Waals surface area contributed by atoms with Crippen LogP contribution in [0.2, 0.25) is 0 Å². The quantitative estimate of drug-likeness (QED) is 0.557. The zero-order chi connectivity index (χ0) is 11.7. The number of rotatable bonds is 2. The van der Waals surface area contributed by atoms with Crippen LogP contribution in [-0.4, -0.2) is 17.3 Å². The van der Waals surface area contributed by atoms with Gasteiger partial charge in [0.15, 0.2) is 0 Å². The summed E-state index contributed by atoms with van der Waals surface area (Å²) in [5.74, 6) is 0.220. The van der Waals surface area contributed by atoms with Crippen molar-refractivity contribution < 1.29 is 4.79 Å². The van der Waals surface area contributed by atoms with E-state index in [-0.39, 0.29) is 5.91 Å². The third kappa shape index (κ3) is 2.42. The highest BCUT2D eigenvalue weighted by atomic mass is 127. The minimum atomic E-state index is 0.220. The Morgan fingerprint density at radius 2 is 2.31 bits per heavy atom. The summed E-state index contributed by atoms with van der Waals surface area (Å²) in [7, 11) is 0. The monoisotopic (exact) mass is 393 g/mol. The molecule has 0 aliphatic carbocycles. The molecule has 86 valence electrons. The SMILES string of the molecule is CCc1cc(I)ccc1N1CC(Br)CC1=O. The summed E-state index contributed by atoms with van der Waals surface area (Å²) >= 11 is 5.82. The maximum Gasteiger partial charge on any atom is 0.228 e. The zero-order valence-corrected chi connectivity index (χ0v) is 12.8. The van der Waals surface area contributed by atoms with Gasteiger partial charge in [-0.25, -0.2) is 0 Å². The number of anilines is 1. The molecule has 1 amide bonds. The molecule has 1 aromatic carbocycles. The predicted octanol–water partition coefficient (Wildman–Crippen LogP) is 3.35. The molecule has 0 bridgehead atoms. The van der Waals surface area contributed by atoms with E-state index in [9.17, 15) is 4.79 Å². The van der Waals surface area contributed by atoms with Gasteiger partial charge in [-0.15, -0.1) is 0 Å². The largest absolute Gasteiger partial charge is 0.311 e. The van der Waals surface area contributed by atoms with Gasteiger partial charge in [0.25, 0.3) is 0 Å². The normalized spacial score (nSPS) is 20.6. The molecule has 1 heterocycles. The number of carbonyl (C=O) groups excluding carboxylic acids is 1. The van der Waals surface area contributed by atoms with E-state index in [2.05, 4.69) is 63.6 Å². The molecule has 0 spiro atoms.